The van der Waals surface area contributed by atoms with Crippen molar-refractivity contribution in [1.29, 1.82) is 0 Å². The predicted molar refractivity (Wildman–Crippen MR) is 65.2 cm³/mol. The van der Waals surface area contributed by atoms with Crippen LogP contribution in [0, 0.1) is 0 Å². The molecule has 0 aliphatic carbocycles. The van der Waals surface area contributed by atoms with E-state index >= 15 is 0 Å². The van der Waals surface area contributed by atoms with E-state index in [4.69, 9.17) is 5.73 Å². The standard InChI is InChI=1S/C12H9N5O/c13-11(18)8-3-1-2-4-10(8)17-7-16-9-5-14-6-15-12(9)17/h1-7H,(H2,13,18). The summed E-state index contributed by atoms with van der Waals surface area (Å²) < 4.78 is 1.72. The first-order valence-electron chi connectivity index (χ1n) is 5.29. The van der Waals surface area contributed by atoms with Gasteiger partial charge in [-0.1, -0.05) is 12.1 Å². The van der Waals surface area contributed by atoms with E-state index in [9.17, 15) is 4.79 Å². The summed E-state index contributed by atoms with van der Waals surface area (Å²) in [5, 5.41) is 0. The van der Waals surface area contributed by atoms with Crippen molar-refractivity contribution in [2.24, 2.45) is 5.73 Å². The van der Waals surface area contributed by atoms with Crippen molar-refractivity contribution in [1.82, 2.24) is 19.5 Å². The summed E-state index contributed by atoms with van der Waals surface area (Å²) in [4.78, 5) is 23.6. The van der Waals surface area contributed by atoms with Gasteiger partial charge in [0.2, 0.25) is 0 Å². The van der Waals surface area contributed by atoms with E-state index in [2.05, 4.69) is 15.0 Å². The summed E-state index contributed by atoms with van der Waals surface area (Å²) in [6, 6.07) is 7.06. The van der Waals surface area contributed by atoms with Crippen molar-refractivity contribution in [2.75, 3.05) is 0 Å². The molecule has 2 heterocycles. The number of fused-ring (bicyclic) bond motifs is 1. The molecule has 0 aliphatic heterocycles. The molecule has 0 radical (unpaired) electrons. The molecule has 0 aliphatic rings. The zero-order valence-electron chi connectivity index (χ0n) is 9.32. The number of primary amides is 1. The highest BCUT2D eigenvalue weighted by atomic mass is 16.1. The molecule has 0 bridgehead atoms. The average Bonchev–Trinajstić information content (AvgIpc) is 2.82. The SMILES string of the molecule is NC(=O)c1ccccc1-n1cnc2cncnc21. The van der Waals surface area contributed by atoms with Gasteiger partial charge in [-0.25, -0.2) is 15.0 Å². The fourth-order valence-electron chi connectivity index (χ4n) is 1.84. The van der Waals surface area contributed by atoms with Gasteiger partial charge in [0.15, 0.2) is 5.65 Å². The van der Waals surface area contributed by atoms with Crippen molar-refractivity contribution in [3.8, 4) is 5.69 Å². The summed E-state index contributed by atoms with van der Waals surface area (Å²) in [6.45, 7) is 0. The zero-order valence-corrected chi connectivity index (χ0v) is 9.32. The van der Waals surface area contributed by atoms with E-state index in [-0.39, 0.29) is 0 Å². The van der Waals surface area contributed by atoms with Crippen LogP contribution in [-0.2, 0) is 0 Å². The first-order chi connectivity index (χ1) is 8.77. The third-order valence-electron chi connectivity index (χ3n) is 2.64. The number of carbonyl (C=O) groups is 1. The van der Waals surface area contributed by atoms with E-state index in [1.165, 1.54) is 6.33 Å². The monoisotopic (exact) mass is 239 g/mol. The molecule has 1 amide bonds. The fraction of sp³-hybridized carbons (Fsp3) is 0. The number of carbonyl (C=O) groups excluding carboxylic acids is 1. The van der Waals surface area contributed by atoms with E-state index in [1.807, 2.05) is 6.07 Å². The number of nitrogens with two attached hydrogens (primary N) is 1. The van der Waals surface area contributed by atoms with Gasteiger partial charge >= 0.3 is 0 Å². The predicted octanol–water partition coefficient (Wildman–Crippen LogP) is 0.914. The maximum atomic E-state index is 11.4. The Morgan fingerprint density at radius 3 is 2.89 bits per heavy atom. The van der Waals surface area contributed by atoms with Gasteiger partial charge in [-0.05, 0) is 12.1 Å². The highest BCUT2D eigenvalue weighted by Crippen LogP contribution is 2.18. The van der Waals surface area contributed by atoms with Crippen LogP contribution >= 0.6 is 0 Å². The first kappa shape index (κ1) is 10.4. The van der Waals surface area contributed by atoms with Crippen molar-refractivity contribution in [3.63, 3.8) is 0 Å². The van der Waals surface area contributed by atoms with E-state index in [1.54, 1.807) is 35.3 Å². The van der Waals surface area contributed by atoms with Crippen LogP contribution in [0.3, 0.4) is 0 Å². The smallest absolute Gasteiger partial charge is 0.250 e. The Morgan fingerprint density at radius 1 is 1.22 bits per heavy atom. The maximum absolute atomic E-state index is 11.4. The summed E-state index contributed by atoms with van der Waals surface area (Å²) in [7, 11) is 0. The Balaban J connectivity index is 2.30. The minimum Gasteiger partial charge on any atom is -0.366 e. The molecule has 0 saturated heterocycles. The second-order valence-corrected chi connectivity index (χ2v) is 3.73. The van der Waals surface area contributed by atoms with Crippen LogP contribution in [0.15, 0.2) is 43.1 Å². The average molecular weight is 239 g/mol. The molecule has 0 atom stereocenters. The molecule has 3 rings (SSSR count). The molecule has 0 saturated carbocycles. The van der Waals surface area contributed by atoms with Crippen LogP contribution in [0.5, 0.6) is 0 Å². The summed E-state index contributed by atoms with van der Waals surface area (Å²) in [6.07, 6.45) is 4.65. The normalized spacial score (nSPS) is 10.7. The van der Waals surface area contributed by atoms with Crippen LogP contribution < -0.4 is 5.73 Å². The number of para-hydroxylation sites is 1. The molecule has 0 fully saturated rings. The minimum atomic E-state index is -0.485. The van der Waals surface area contributed by atoms with Gasteiger partial charge in [0.25, 0.3) is 5.91 Å². The zero-order chi connectivity index (χ0) is 12.5. The highest BCUT2D eigenvalue weighted by molar-refractivity contribution is 5.97. The van der Waals surface area contributed by atoms with Crippen LogP contribution in [0.4, 0.5) is 0 Å². The Morgan fingerprint density at radius 2 is 2.06 bits per heavy atom. The quantitative estimate of drug-likeness (QED) is 0.720. The number of imidazole rings is 1. The van der Waals surface area contributed by atoms with Crippen LogP contribution in [0.1, 0.15) is 10.4 Å². The minimum absolute atomic E-state index is 0.426. The summed E-state index contributed by atoms with van der Waals surface area (Å²) in [5.74, 6) is -0.485. The molecule has 3 aromatic rings. The second-order valence-electron chi connectivity index (χ2n) is 3.73. The van der Waals surface area contributed by atoms with Crippen LogP contribution in [0.2, 0.25) is 0 Å². The van der Waals surface area contributed by atoms with Gasteiger partial charge in [0, 0.05) is 0 Å². The van der Waals surface area contributed by atoms with Crippen LogP contribution in [0.25, 0.3) is 16.9 Å². The van der Waals surface area contributed by atoms with E-state index in [0.717, 1.165) is 0 Å². The van der Waals surface area contributed by atoms with Gasteiger partial charge < -0.3 is 5.73 Å². The van der Waals surface area contributed by atoms with Crippen molar-refractivity contribution in [3.05, 3.63) is 48.7 Å². The molecule has 6 nitrogen and oxygen atoms in total. The van der Waals surface area contributed by atoms with Crippen molar-refractivity contribution in [2.45, 2.75) is 0 Å². The Hall–Kier alpha value is -2.76. The summed E-state index contributed by atoms with van der Waals surface area (Å²) >= 11 is 0. The van der Waals surface area contributed by atoms with Crippen molar-refractivity contribution < 1.29 is 4.79 Å². The first-order valence-corrected chi connectivity index (χ1v) is 5.29. The Bertz CT molecular complexity index is 734. The number of aromatic nitrogens is 4. The molecule has 6 heteroatoms. The second kappa shape index (κ2) is 3.92. The topological polar surface area (TPSA) is 86.7 Å². The molecule has 88 valence electrons. The molecule has 1 aromatic carbocycles. The summed E-state index contributed by atoms with van der Waals surface area (Å²) in [5.41, 5.74) is 7.75. The molecule has 0 spiro atoms. The van der Waals surface area contributed by atoms with Gasteiger partial charge in [-0.15, -0.1) is 0 Å². The van der Waals surface area contributed by atoms with Crippen LogP contribution in [-0.4, -0.2) is 25.4 Å². The number of hydrogen-bond acceptors (Lipinski definition) is 4. The maximum Gasteiger partial charge on any atom is 0.250 e. The molecule has 0 unspecified atom stereocenters. The molecule has 18 heavy (non-hydrogen) atoms. The lowest BCUT2D eigenvalue weighted by Gasteiger charge is -2.07. The van der Waals surface area contributed by atoms with Gasteiger partial charge in [0.05, 0.1) is 17.4 Å². The number of rotatable bonds is 2. The van der Waals surface area contributed by atoms with Gasteiger partial charge in [-0.2, -0.15) is 0 Å². The Kier molecular flexibility index (Phi) is 2.26. The van der Waals surface area contributed by atoms with E-state index in [0.29, 0.717) is 22.4 Å². The molecular formula is C12H9N5O. The number of nitrogens with zero attached hydrogens (tertiary/aromatic N) is 4. The van der Waals surface area contributed by atoms with Gasteiger partial charge in [0.1, 0.15) is 18.2 Å². The lowest BCUT2D eigenvalue weighted by atomic mass is 10.1. The molecular weight excluding hydrogens is 230 g/mol. The lowest BCUT2D eigenvalue weighted by Crippen LogP contribution is -2.14. The lowest BCUT2D eigenvalue weighted by molar-refractivity contribution is 0.100. The number of amides is 1. The Labute approximate surface area is 102 Å². The highest BCUT2D eigenvalue weighted by Gasteiger charge is 2.12. The van der Waals surface area contributed by atoms with Gasteiger partial charge in [-0.3, -0.25) is 9.36 Å². The third-order valence-corrected chi connectivity index (χ3v) is 2.64. The third kappa shape index (κ3) is 1.51. The molecule has 2 N–H and O–H groups in total. The largest absolute Gasteiger partial charge is 0.366 e. The number of hydrogen-bond donors (Lipinski definition) is 1. The van der Waals surface area contributed by atoms with E-state index < -0.39 is 5.91 Å². The van der Waals surface area contributed by atoms with Crippen molar-refractivity contribution >= 4 is 17.1 Å². The molecule has 2 aromatic heterocycles. The fourth-order valence-corrected chi connectivity index (χ4v) is 1.84. The number of benzene rings is 1.